The minimum Gasteiger partial charge on any atom is -0.352 e. The molecule has 1 aliphatic rings. The zero-order valence-corrected chi connectivity index (χ0v) is 17.8. The second kappa shape index (κ2) is 10.0. The van der Waals surface area contributed by atoms with E-state index in [0.717, 1.165) is 36.8 Å². The number of carbonyl (C=O) groups is 1. The van der Waals surface area contributed by atoms with Crippen molar-refractivity contribution in [1.82, 2.24) is 10.0 Å². The number of nitrogens with one attached hydrogen (secondary N) is 2. The molecule has 0 unspecified atom stereocenters. The molecule has 156 valence electrons. The van der Waals surface area contributed by atoms with Gasteiger partial charge < -0.3 is 5.32 Å². The van der Waals surface area contributed by atoms with E-state index in [-0.39, 0.29) is 16.8 Å². The first-order valence-electron chi connectivity index (χ1n) is 10.4. The fourth-order valence-corrected chi connectivity index (χ4v) is 4.90. The second-order valence-corrected chi connectivity index (χ2v) is 9.58. The molecular formula is C23H30N2O3S. The van der Waals surface area contributed by atoms with Gasteiger partial charge in [0.25, 0.3) is 0 Å². The quantitative estimate of drug-likeness (QED) is 0.689. The number of hydrogen-bond donors (Lipinski definition) is 2. The molecule has 1 saturated carbocycles. The molecule has 0 radical (unpaired) electrons. The predicted octanol–water partition coefficient (Wildman–Crippen LogP) is 3.86. The van der Waals surface area contributed by atoms with E-state index in [1.807, 2.05) is 31.2 Å². The Morgan fingerprint density at radius 3 is 2.21 bits per heavy atom. The van der Waals surface area contributed by atoms with Crippen molar-refractivity contribution < 1.29 is 13.2 Å². The van der Waals surface area contributed by atoms with Gasteiger partial charge in [-0.1, -0.05) is 61.2 Å². The van der Waals surface area contributed by atoms with E-state index in [2.05, 4.69) is 10.0 Å². The van der Waals surface area contributed by atoms with E-state index in [1.54, 1.807) is 24.3 Å². The van der Waals surface area contributed by atoms with Gasteiger partial charge >= 0.3 is 0 Å². The molecule has 0 bridgehead atoms. The third-order valence-electron chi connectivity index (χ3n) is 5.41. The Kier molecular flexibility index (Phi) is 7.45. The lowest BCUT2D eigenvalue weighted by Gasteiger charge is -2.22. The normalized spacial score (nSPS) is 15.2. The summed E-state index contributed by atoms with van der Waals surface area (Å²) < 4.78 is 27.9. The van der Waals surface area contributed by atoms with Crippen LogP contribution in [0.2, 0.25) is 0 Å². The van der Waals surface area contributed by atoms with E-state index in [0.29, 0.717) is 19.4 Å². The van der Waals surface area contributed by atoms with Crippen molar-refractivity contribution >= 4 is 15.9 Å². The van der Waals surface area contributed by atoms with Crippen LogP contribution in [-0.4, -0.2) is 20.4 Å². The molecule has 2 N–H and O–H groups in total. The largest absolute Gasteiger partial charge is 0.352 e. The minimum absolute atomic E-state index is 0.0127. The highest BCUT2D eigenvalue weighted by atomic mass is 32.2. The van der Waals surface area contributed by atoms with Crippen LogP contribution >= 0.6 is 0 Å². The van der Waals surface area contributed by atoms with Crippen molar-refractivity contribution in [3.05, 3.63) is 65.2 Å². The summed E-state index contributed by atoms with van der Waals surface area (Å²) in [6, 6.07) is 15.0. The van der Waals surface area contributed by atoms with Crippen LogP contribution in [0.1, 0.15) is 55.2 Å². The summed E-state index contributed by atoms with van der Waals surface area (Å²) in [6.45, 7) is 2.55. The lowest BCUT2D eigenvalue weighted by molar-refractivity contribution is -0.121. The molecule has 0 aliphatic heterocycles. The summed E-state index contributed by atoms with van der Waals surface area (Å²) in [5.41, 5.74) is 3.22. The van der Waals surface area contributed by atoms with Gasteiger partial charge in [0.2, 0.25) is 15.9 Å². The highest BCUT2D eigenvalue weighted by Crippen LogP contribution is 2.20. The Balaban J connectivity index is 1.47. The number of benzene rings is 2. The van der Waals surface area contributed by atoms with Crippen LogP contribution in [0.3, 0.4) is 0 Å². The lowest BCUT2D eigenvalue weighted by Crippen LogP contribution is -2.36. The molecule has 5 nitrogen and oxygen atoms in total. The summed E-state index contributed by atoms with van der Waals surface area (Å²) >= 11 is 0. The van der Waals surface area contributed by atoms with Gasteiger partial charge in [-0.3, -0.25) is 4.79 Å². The molecular weight excluding hydrogens is 384 g/mol. The molecule has 0 aromatic heterocycles. The van der Waals surface area contributed by atoms with Crippen molar-refractivity contribution in [3.63, 3.8) is 0 Å². The molecule has 2 aromatic rings. The fraction of sp³-hybridized carbons (Fsp3) is 0.435. The first-order valence-corrected chi connectivity index (χ1v) is 11.8. The summed E-state index contributed by atoms with van der Waals surface area (Å²) in [5.74, 6) is -0.0127. The van der Waals surface area contributed by atoms with Gasteiger partial charge in [0.1, 0.15) is 0 Å². The number of rotatable bonds is 8. The SMILES string of the molecule is Cc1ccc(CNC(=O)CCc2ccc(S(=O)(=O)NC3CCCCC3)cc2)cc1. The van der Waals surface area contributed by atoms with E-state index in [4.69, 9.17) is 0 Å². The van der Waals surface area contributed by atoms with Gasteiger partial charge in [-0.15, -0.1) is 0 Å². The smallest absolute Gasteiger partial charge is 0.240 e. The number of aryl methyl sites for hydroxylation is 2. The second-order valence-electron chi connectivity index (χ2n) is 7.86. The van der Waals surface area contributed by atoms with Crippen molar-refractivity contribution in [1.29, 1.82) is 0 Å². The molecule has 1 aliphatic carbocycles. The molecule has 3 rings (SSSR count). The van der Waals surface area contributed by atoms with Crippen LogP contribution in [0.4, 0.5) is 0 Å². The maximum atomic E-state index is 12.5. The number of sulfonamides is 1. The van der Waals surface area contributed by atoms with Crippen molar-refractivity contribution in [2.75, 3.05) is 0 Å². The standard InChI is InChI=1S/C23H30N2O3S/c1-18-7-9-20(10-8-18)17-24-23(26)16-13-19-11-14-22(15-12-19)29(27,28)25-21-5-3-2-4-6-21/h7-12,14-15,21,25H,2-6,13,16-17H2,1H3,(H,24,26). The summed E-state index contributed by atoms with van der Waals surface area (Å²) in [7, 11) is -3.48. The topological polar surface area (TPSA) is 75.3 Å². The monoisotopic (exact) mass is 414 g/mol. The van der Waals surface area contributed by atoms with Crippen LogP contribution in [0.5, 0.6) is 0 Å². The number of amides is 1. The molecule has 6 heteroatoms. The molecule has 0 atom stereocenters. The molecule has 2 aromatic carbocycles. The van der Waals surface area contributed by atoms with E-state index < -0.39 is 10.0 Å². The van der Waals surface area contributed by atoms with Gasteiger partial charge in [0, 0.05) is 19.0 Å². The van der Waals surface area contributed by atoms with Crippen molar-refractivity contribution in [2.45, 2.75) is 69.4 Å². The van der Waals surface area contributed by atoms with Crippen molar-refractivity contribution in [3.8, 4) is 0 Å². The van der Waals surface area contributed by atoms with E-state index >= 15 is 0 Å². The Labute approximate surface area is 174 Å². The molecule has 1 fully saturated rings. The Morgan fingerprint density at radius 2 is 1.55 bits per heavy atom. The molecule has 0 heterocycles. The third-order valence-corrected chi connectivity index (χ3v) is 6.95. The molecule has 0 spiro atoms. The average Bonchev–Trinajstić information content (AvgIpc) is 2.72. The molecule has 0 saturated heterocycles. The van der Waals surface area contributed by atoms with Crippen LogP contribution in [0.15, 0.2) is 53.4 Å². The van der Waals surface area contributed by atoms with Gasteiger partial charge in [-0.2, -0.15) is 0 Å². The lowest BCUT2D eigenvalue weighted by atomic mass is 9.96. The first-order chi connectivity index (χ1) is 13.9. The maximum Gasteiger partial charge on any atom is 0.240 e. The summed E-state index contributed by atoms with van der Waals surface area (Å²) in [6.07, 6.45) is 6.13. The Hall–Kier alpha value is -2.18. The highest BCUT2D eigenvalue weighted by Gasteiger charge is 2.21. The number of carbonyl (C=O) groups excluding carboxylic acids is 1. The Bertz CT molecular complexity index is 900. The van der Waals surface area contributed by atoms with Gasteiger partial charge in [-0.05, 0) is 49.4 Å². The number of hydrogen-bond acceptors (Lipinski definition) is 3. The first kappa shape index (κ1) is 21.5. The van der Waals surface area contributed by atoms with Crippen LogP contribution in [-0.2, 0) is 27.8 Å². The van der Waals surface area contributed by atoms with E-state index in [9.17, 15) is 13.2 Å². The fourth-order valence-electron chi connectivity index (χ4n) is 3.60. The zero-order valence-electron chi connectivity index (χ0n) is 17.0. The molecule has 29 heavy (non-hydrogen) atoms. The third kappa shape index (κ3) is 6.68. The van der Waals surface area contributed by atoms with E-state index in [1.165, 1.54) is 12.0 Å². The zero-order chi connectivity index (χ0) is 20.7. The Morgan fingerprint density at radius 1 is 0.931 bits per heavy atom. The molecule has 1 amide bonds. The maximum absolute atomic E-state index is 12.5. The van der Waals surface area contributed by atoms with Gasteiger partial charge in [-0.25, -0.2) is 13.1 Å². The van der Waals surface area contributed by atoms with Crippen LogP contribution in [0, 0.1) is 6.92 Å². The van der Waals surface area contributed by atoms with Crippen LogP contribution < -0.4 is 10.0 Å². The predicted molar refractivity (Wildman–Crippen MR) is 115 cm³/mol. The summed E-state index contributed by atoms with van der Waals surface area (Å²) in [5, 5.41) is 2.92. The van der Waals surface area contributed by atoms with Gasteiger partial charge in [0.05, 0.1) is 4.90 Å². The minimum atomic E-state index is -3.48. The van der Waals surface area contributed by atoms with Gasteiger partial charge in [0.15, 0.2) is 0 Å². The highest BCUT2D eigenvalue weighted by molar-refractivity contribution is 7.89. The van der Waals surface area contributed by atoms with Crippen molar-refractivity contribution in [2.24, 2.45) is 0 Å². The van der Waals surface area contributed by atoms with Crippen LogP contribution in [0.25, 0.3) is 0 Å². The summed E-state index contributed by atoms with van der Waals surface area (Å²) in [4.78, 5) is 12.4. The average molecular weight is 415 g/mol.